The van der Waals surface area contributed by atoms with E-state index in [4.69, 9.17) is 11.6 Å². The van der Waals surface area contributed by atoms with Crippen LogP contribution in [0.2, 0.25) is 5.02 Å². The molecule has 0 spiro atoms. The Morgan fingerprint density at radius 3 is 2.75 bits per heavy atom. The van der Waals surface area contributed by atoms with Gasteiger partial charge in [0, 0.05) is 16.3 Å². The normalized spacial score (nSPS) is 10.6. The van der Waals surface area contributed by atoms with Crippen LogP contribution in [0.1, 0.15) is 5.56 Å². The van der Waals surface area contributed by atoms with Crippen LogP contribution in [0.3, 0.4) is 0 Å². The van der Waals surface area contributed by atoms with Gasteiger partial charge < -0.3 is 0 Å². The molecular weight excluding hydrogens is 363 g/mol. The predicted molar refractivity (Wildman–Crippen MR) is 85.0 cm³/mol. The summed E-state index contributed by atoms with van der Waals surface area (Å²) in [6.45, 7) is 0. The maximum atomic E-state index is 13.3. The van der Waals surface area contributed by atoms with Gasteiger partial charge in [0.15, 0.2) is 0 Å². The summed E-state index contributed by atoms with van der Waals surface area (Å²) in [4.78, 5) is 12.9. The van der Waals surface area contributed by atoms with Crippen LogP contribution in [-0.4, -0.2) is 11.5 Å². The first-order valence-corrected chi connectivity index (χ1v) is 8.05. The third-order valence-electron chi connectivity index (χ3n) is 2.62. The molecule has 0 heterocycles. The first-order valence-electron chi connectivity index (χ1n) is 5.89. The van der Waals surface area contributed by atoms with Crippen LogP contribution in [0.15, 0.2) is 51.8 Å². The van der Waals surface area contributed by atoms with Gasteiger partial charge in [-0.1, -0.05) is 29.8 Å². The highest BCUT2D eigenvalue weighted by molar-refractivity contribution is 9.10. The van der Waals surface area contributed by atoms with E-state index >= 15 is 0 Å². The van der Waals surface area contributed by atoms with Gasteiger partial charge in [0.25, 0.3) is 0 Å². The van der Waals surface area contributed by atoms with Gasteiger partial charge in [-0.15, -0.1) is 11.8 Å². The Bertz CT molecular complexity index is 633. The van der Waals surface area contributed by atoms with Crippen molar-refractivity contribution in [1.29, 1.82) is 0 Å². The number of thioether (sulfide) groups is 1. The van der Waals surface area contributed by atoms with Crippen LogP contribution < -0.4 is 0 Å². The lowest BCUT2D eigenvalue weighted by Crippen LogP contribution is -2.06. The second-order valence-corrected chi connectivity index (χ2v) is 6.45. The third kappa shape index (κ3) is 4.33. The third-order valence-corrected chi connectivity index (χ3v) is 4.79. The molecule has 5 heteroatoms. The van der Waals surface area contributed by atoms with E-state index in [9.17, 15) is 9.18 Å². The Morgan fingerprint density at radius 2 is 2.00 bits per heavy atom. The van der Waals surface area contributed by atoms with E-state index in [-0.39, 0.29) is 18.0 Å². The first-order chi connectivity index (χ1) is 9.56. The van der Waals surface area contributed by atoms with E-state index in [0.29, 0.717) is 20.8 Å². The van der Waals surface area contributed by atoms with Gasteiger partial charge in [-0.3, -0.25) is 4.79 Å². The first kappa shape index (κ1) is 15.5. The standard InChI is InChI=1S/C15H11BrClFOS/c16-15-10(3-1-6-14(15)18)7-12(19)9-20-13-5-2-4-11(17)8-13/h1-6,8H,7,9H2. The Labute approximate surface area is 134 Å². The van der Waals surface area contributed by atoms with Crippen molar-refractivity contribution < 1.29 is 9.18 Å². The molecule has 0 aliphatic rings. The van der Waals surface area contributed by atoms with E-state index in [1.165, 1.54) is 17.8 Å². The average Bonchev–Trinajstić information content (AvgIpc) is 2.42. The second kappa shape index (κ2) is 7.25. The number of hydrogen-bond donors (Lipinski definition) is 0. The molecule has 0 saturated carbocycles. The van der Waals surface area contributed by atoms with Crippen molar-refractivity contribution in [3.8, 4) is 0 Å². The van der Waals surface area contributed by atoms with E-state index < -0.39 is 0 Å². The molecule has 0 atom stereocenters. The number of carbonyl (C=O) groups is 1. The molecule has 20 heavy (non-hydrogen) atoms. The Hall–Kier alpha value is -0.840. The summed E-state index contributed by atoms with van der Waals surface area (Å²) in [5, 5.41) is 0.648. The van der Waals surface area contributed by atoms with Crippen LogP contribution >= 0.6 is 39.3 Å². The van der Waals surface area contributed by atoms with Gasteiger partial charge in [0.2, 0.25) is 0 Å². The number of halogens is 3. The summed E-state index contributed by atoms with van der Waals surface area (Å²) in [6.07, 6.45) is 0.214. The van der Waals surface area contributed by atoms with Crippen molar-refractivity contribution in [2.24, 2.45) is 0 Å². The van der Waals surface area contributed by atoms with Gasteiger partial charge in [-0.25, -0.2) is 4.39 Å². The molecule has 0 fully saturated rings. The Kier molecular flexibility index (Phi) is 5.64. The largest absolute Gasteiger partial charge is 0.298 e. The van der Waals surface area contributed by atoms with Crippen LogP contribution in [0.25, 0.3) is 0 Å². The lowest BCUT2D eigenvalue weighted by Gasteiger charge is -2.05. The fourth-order valence-corrected chi connectivity index (χ4v) is 3.14. The summed E-state index contributed by atoms with van der Waals surface area (Å²) in [6, 6.07) is 12.1. The minimum atomic E-state index is -0.349. The molecule has 104 valence electrons. The average molecular weight is 374 g/mol. The number of carbonyl (C=O) groups excluding carboxylic acids is 1. The van der Waals surface area contributed by atoms with Crippen molar-refractivity contribution in [2.45, 2.75) is 11.3 Å². The minimum absolute atomic E-state index is 0.0428. The van der Waals surface area contributed by atoms with E-state index in [2.05, 4.69) is 15.9 Å². The van der Waals surface area contributed by atoms with Gasteiger partial charge in [0.05, 0.1) is 10.2 Å². The van der Waals surface area contributed by atoms with Crippen molar-refractivity contribution >= 4 is 45.1 Å². The Balaban J connectivity index is 1.94. The van der Waals surface area contributed by atoms with Crippen LogP contribution in [0.4, 0.5) is 4.39 Å². The number of ketones is 1. The minimum Gasteiger partial charge on any atom is -0.298 e. The van der Waals surface area contributed by atoms with Crippen molar-refractivity contribution in [1.82, 2.24) is 0 Å². The predicted octanol–water partition coefficient (Wildman–Crippen LogP) is 5.15. The smallest absolute Gasteiger partial charge is 0.147 e. The zero-order valence-corrected chi connectivity index (χ0v) is 13.6. The molecule has 0 unspecified atom stereocenters. The summed E-state index contributed by atoms with van der Waals surface area (Å²) < 4.78 is 13.7. The number of hydrogen-bond acceptors (Lipinski definition) is 2. The summed E-state index contributed by atoms with van der Waals surface area (Å²) in [5.74, 6) is 0.0302. The fraction of sp³-hybridized carbons (Fsp3) is 0.133. The highest BCUT2D eigenvalue weighted by Gasteiger charge is 2.10. The highest BCUT2D eigenvalue weighted by atomic mass is 79.9. The van der Waals surface area contributed by atoms with Crippen molar-refractivity contribution in [2.75, 3.05) is 5.75 Å². The lowest BCUT2D eigenvalue weighted by atomic mass is 10.1. The van der Waals surface area contributed by atoms with E-state index in [1.54, 1.807) is 18.2 Å². The second-order valence-electron chi connectivity index (χ2n) is 4.17. The fourth-order valence-electron chi connectivity index (χ4n) is 1.67. The van der Waals surface area contributed by atoms with Crippen molar-refractivity contribution in [3.05, 3.63) is 63.3 Å². The molecule has 2 rings (SSSR count). The van der Waals surface area contributed by atoms with E-state index in [0.717, 1.165) is 4.90 Å². The topological polar surface area (TPSA) is 17.1 Å². The quantitative estimate of drug-likeness (QED) is 0.675. The van der Waals surface area contributed by atoms with Crippen molar-refractivity contribution in [3.63, 3.8) is 0 Å². The molecule has 0 radical (unpaired) electrons. The molecule has 0 aromatic heterocycles. The van der Waals surface area contributed by atoms with Crippen LogP contribution in [-0.2, 0) is 11.2 Å². The van der Waals surface area contributed by atoms with Gasteiger partial charge >= 0.3 is 0 Å². The summed E-state index contributed by atoms with van der Waals surface area (Å²) in [5.41, 5.74) is 0.668. The molecule has 0 N–H and O–H groups in total. The Morgan fingerprint density at radius 1 is 1.25 bits per heavy atom. The lowest BCUT2D eigenvalue weighted by molar-refractivity contribution is -0.116. The molecule has 0 amide bonds. The van der Waals surface area contributed by atoms with E-state index in [1.807, 2.05) is 18.2 Å². The number of rotatable bonds is 5. The maximum absolute atomic E-state index is 13.3. The van der Waals surface area contributed by atoms with Gasteiger partial charge in [-0.05, 0) is 45.8 Å². The molecule has 0 bridgehead atoms. The summed E-state index contributed by atoms with van der Waals surface area (Å²) >= 11 is 10.5. The number of benzene rings is 2. The molecule has 2 aromatic rings. The maximum Gasteiger partial charge on any atom is 0.147 e. The molecular formula is C15H11BrClFOS. The zero-order chi connectivity index (χ0) is 14.5. The van der Waals surface area contributed by atoms with Gasteiger partial charge in [0.1, 0.15) is 11.6 Å². The highest BCUT2D eigenvalue weighted by Crippen LogP contribution is 2.24. The van der Waals surface area contributed by atoms with Gasteiger partial charge in [-0.2, -0.15) is 0 Å². The molecule has 2 aromatic carbocycles. The van der Waals surface area contributed by atoms with Crippen LogP contribution in [0.5, 0.6) is 0 Å². The molecule has 0 saturated heterocycles. The molecule has 0 aliphatic heterocycles. The van der Waals surface area contributed by atoms with Crippen LogP contribution in [0, 0.1) is 5.82 Å². The zero-order valence-electron chi connectivity index (χ0n) is 10.4. The molecule has 0 aliphatic carbocycles. The SMILES string of the molecule is O=C(CSc1cccc(Cl)c1)Cc1cccc(F)c1Br. The summed E-state index contributed by atoms with van der Waals surface area (Å²) in [7, 11) is 0. The monoisotopic (exact) mass is 372 g/mol. The number of Topliss-reactive ketones (excluding diaryl/α,β-unsaturated/α-hetero) is 1. The molecule has 1 nitrogen and oxygen atoms in total.